The summed E-state index contributed by atoms with van der Waals surface area (Å²) >= 11 is 12.4. The molecule has 0 atom stereocenters. The number of benzene rings is 1. The molecule has 0 radical (unpaired) electrons. The highest BCUT2D eigenvalue weighted by Crippen LogP contribution is 2.26. The van der Waals surface area contributed by atoms with E-state index in [-0.39, 0.29) is 0 Å². The van der Waals surface area contributed by atoms with Gasteiger partial charge in [0.15, 0.2) is 0 Å². The second-order valence-corrected chi connectivity index (χ2v) is 5.93. The van der Waals surface area contributed by atoms with Crippen molar-refractivity contribution >= 4 is 28.9 Å². The van der Waals surface area contributed by atoms with Crippen molar-refractivity contribution in [3.8, 4) is 0 Å². The Balaban J connectivity index is 1.61. The van der Waals surface area contributed by atoms with Gasteiger partial charge in [0.25, 0.3) is 0 Å². The maximum absolute atomic E-state index is 6.26. The van der Waals surface area contributed by atoms with Gasteiger partial charge >= 0.3 is 0 Å². The van der Waals surface area contributed by atoms with Gasteiger partial charge in [0.05, 0.1) is 10.7 Å². The first-order chi connectivity index (χ1) is 10.2. The average Bonchev–Trinajstić information content (AvgIpc) is 2.51. The number of hydrogen-bond donors (Lipinski definition) is 0. The minimum absolute atomic E-state index is 0.603. The van der Waals surface area contributed by atoms with E-state index in [2.05, 4.69) is 20.9 Å². The number of halogens is 2. The maximum Gasteiger partial charge on any atom is 0.133 e. The van der Waals surface area contributed by atoms with Gasteiger partial charge in [-0.1, -0.05) is 41.4 Å². The molecule has 0 saturated carbocycles. The van der Waals surface area contributed by atoms with Crippen LogP contribution in [0.5, 0.6) is 0 Å². The van der Waals surface area contributed by atoms with E-state index in [1.54, 1.807) is 6.20 Å². The van der Waals surface area contributed by atoms with Gasteiger partial charge in [-0.3, -0.25) is 4.90 Å². The predicted octanol–water partition coefficient (Wildman–Crippen LogP) is 3.71. The van der Waals surface area contributed by atoms with Crippen LogP contribution in [0.3, 0.4) is 0 Å². The first-order valence-electron chi connectivity index (χ1n) is 7.05. The van der Waals surface area contributed by atoms with Crippen molar-refractivity contribution in [1.29, 1.82) is 0 Å². The van der Waals surface area contributed by atoms with Gasteiger partial charge in [-0.05, 0) is 18.2 Å². The first kappa shape index (κ1) is 14.6. The zero-order valence-electron chi connectivity index (χ0n) is 11.7. The third-order valence-electron chi connectivity index (χ3n) is 3.80. The molecule has 0 spiro atoms. The molecular weight excluding hydrogens is 305 g/mol. The molecule has 0 unspecified atom stereocenters. The lowest BCUT2D eigenvalue weighted by molar-refractivity contribution is 0.249. The summed E-state index contributed by atoms with van der Waals surface area (Å²) in [6, 6.07) is 12.0. The minimum atomic E-state index is 0.603. The lowest BCUT2D eigenvalue weighted by atomic mass is 10.2. The minimum Gasteiger partial charge on any atom is -0.368 e. The van der Waals surface area contributed by atoms with Crippen molar-refractivity contribution in [2.24, 2.45) is 0 Å². The monoisotopic (exact) mass is 321 g/mol. The van der Waals surface area contributed by atoms with Crippen LogP contribution in [-0.4, -0.2) is 36.1 Å². The van der Waals surface area contributed by atoms with Crippen LogP contribution in [0.1, 0.15) is 5.56 Å². The molecule has 1 fully saturated rings. The molecule has 1 aromatic carbocycles. The Morgan fingerprint density at radius 1 is 0.952 bits per heavy atom. The number of aromatic nitrogens is 1. The van der Waals surface area contributed by atoms with E-state index in [4.69, 9.17) is 23.2 Å². The molecule has 0 bridgehead atoms. The number of hydrogen-bond acceptors (Lipinski definition) is 3. The van der Waals surface area contributed by atoms with Gasteiger partial charge in [-0.2, -0.15) is 0 Å². The molecule has 0 amide bonds. The second kappa shape index (κ2) is 6.65. The molecule has 3 rings (SSSR count). The van der Waals surface area contributed by atoms with Crippen molar-refractivity contribution in [3.05, 3.63) is 58.3 Å². The Bertz CT molecular complexity index is 610. The third kappa shape index (κ3) is 3.49. The second-order valence-electron chi connectivity index (χ2n) is 5.17. The smallest absolute Gasteiger partial charge is 0.133 e. The van der Waals surface area contributed by atoms with E-state index in [9.17, 15) is 0 Å². The van der Waals surface area contributed by atoms with Crippen LogP contribution in [0, 0.1) is 0 Å². The molecule has 1 aromatic heterocycles. The Hall–Kier alpha value is -1.29. The number of anilines is 1. The van der Waals surface area contributed by atoms with Crippen molar-refractivity contribution in [2.75, 3.05) is 31.1 Å². The summed E-state index contributed by atoms with van der Waals surface area (Å²) in [6.07, 6.45) is 1.72. The zero-order valence-corrected chi connectivity index (χ0v) is 13.2. The lowest BCUT2D eigenvalue weighted by Crippen LogP contribution is -2.46. The summed E-state index contributed by atoms with van der Waals surface area (Å²) in [5.74, 6) is 0. The molecule has 21 heavy (non-hydrogen) atoms. The molecule has 2 aromatic rings. The Labute approximate surface area is 135 Å². The fraction of sp³-hybridized carbons (Fsp3) is 0.312. The summed E-state index contributed by atoms with van der Waals surface area (Å²) in [6.45, 7) is 4.79. The van der Waals surface area contributed by atoms with Crippen LogP contribution >= 0.6 is 23.2 Å². The first-order valence-corrected chi connectivity index (χ1v) is 7.81. The van der Waals surface area contributed by atoms with Crippen molar-refractivity contribution in [2.45, 2.75) is 6.54 Å². The highest BCUT2D eigenvalue weighted by atomic mass is 35.5. The van der Waals surface area contributed by atoms with Crippen molar-refractivity contribution in [1.82, 2.24) is 9.88 Å². The van der Waals surface area contributed by atoms with Gasteiger partial charge in [0, 0.05) is 44.5 Å². The van der Waals surface area contributed by atoms with Crippen LogP contribution in [-0.2, 0) is 6.54 Å². The van der Waals surface area contributed by atoms with Gasteiger partial charge in [0.1, 0.15) is 5.15 Å². The Morgan fingerprint density at radius 2 is 1.71 bits per heavy atom. The van der Waals surface area contributed by atoms with E-state index in [0.717, 1.165) is 49.0 Å². The molecular formula is C16H17Cl2N3. The van der Waals surface area contributed by atoms with Crippen LogP contribution in [0.15, 0.2) is 42.6 Å². The summed E-state index contributed by atoms with van der Waals surface area (Å²) in [5, 5.41) is 1.42. The lowest BCUT2D eigenvalue weighted by Gasteiger charge is -2.36. The topological polar surface area (TPSA) is 19.4 Å². The Morgan fingerprint density at radius 3 is 2.43 bits per heavy atom. The van der Waals surface area contributed by atoms with Gasteiger partial charge < -0.3 is 4.90 Å². The van der Waals surface area contributed by atoms with Crippen LogP contribution < -0.4 is 4.90 Å². The third-order valence-corrected chi connectivity index (χ3v) is 4.46. The summed E-state index contributed by atoms with van der Waals surface area (Å²) < 4.78 is 0. The molecule has 3 nitrogen and oxygen atoms in total. The van der Waals surface area contributed by atoms with E-state index < -0.39 is 0 Å². The molecule has 0 aliphatic carbocycles. The molecule has 1 aliphatic heterocycles. The molecule has 5 heteroatoms. The normalized spacial score (nSPS) is 16.2. The fourth-order valence-corrected chi connectivity index (χ4v) is 3.07. The van der Waals surface area contributed by atoms with E-state index in [0.29, 0.717) is 5.15 Å². The largest absolute Gasteiger partial charge is 0.368 e. The quantitative estimate of drug-likeness (QED) is 0.803. The zero-order chi connectivity index (χ0) is 14.7. The van der Waals surface area contributed by atoms with Crippen molar-refractivity contribution < 1.29 is 0 Å². The van der Waals surface area contributed by atoms with E-state index >= 15 is 0 Å². The van der Waals surface area contributed by atoms with E-state index in [1.807, 2.05) is 30.3 Å². The molecule has 1 aliphatic rings. The number of rotatable bonds is 3. The summed E-state index contributed by atoms with van der Waals surface area (Å²) in [5.41, 5.74) is 2.21. The van der Waals surface area contributed by atoms with Crippen LogP contribution in [0.2, 0.25) is 10.2 Å². The summed E-state index contributed by atoms with van der Waals surface area (Å²) in [7, 11) is 0. The number of para-hydroxylation sites is 1. The number of pyridine rings is 1. The van der Waals surface area contributed by atoms with Gasteiger partial charge in [-0.25, -0.2) is 4.98 Å². The van der Waals surface area contributed by atoms with Crippen LogP contribution in [0.4, 0.5) is 5.69 Å². The molecule has 1 saturated heterocycles. The SMILES string of the molecule is Clc1ccccc1N1CCN(Cc2cccnc2Cl)CC1. The summed E-state index contributed by atoms with van der Waals surface area (Å²) in [4.78, 5) is 8.87. The van der Waals surface area contributed by atoms with Gasteiger partial charge in [-0.15, -0.1) is 0 Å². The molecule has 110 valence electrons. The van der Waals surface area contributed by atoms with E-state index in [1.165, 1.54) is 0 Å². The fourth-order valence-electron chi connectivity index (χ4n) is 2.63. The van der Waals surface area contributed by atoms with Crippen LogP contribution in [0.25, 0.3) is 0 Å². The predicted molar refractivity (Wildman–Crippen MR) is 88.2 cm³/mol. The Kier molecular flexibility index (Phi) is 4.63. The number of nitrogens with zero attached hydrogens (tertiary/aromatic N) is 3. The molecule has 2 heterocycles. The average molecular weight is 322 g/mol. The highest BCUT2D eigenvalue weighted by molar-refractivity contribution is 6.33. The van der Waals surface area contributed by atoms with Crippen molar-refractivity contribution in [3.63, 3.8) is 0 Å². The maximum atomic E-state index is 6.26. The number of piperazine rings is 1. The standard InChI is InChI=1S/C16H17Cl2N3/c17-14-5-1-2-6-15(14)21-10-8-20(9-11-21)12-13-4-3-7-19-16(13)18/h1-7H,8-12H2. The molecule has 0 N–H and O–H groups in total. The van der Waals surface area contributed by atoms with Gasteiger partial charge in [0.2, 0.25) is 0 Å². The highest BCUT2D eigenvalue weighted by Gasteiger charge is 2.19.